The molecule has 0 aliphatic carbocycles. The standard InChI is InChI=1S/C10H13N3S/c1-13-5-4-12-7-9(13)10-3-2-8(6-11)14-10/h2-3,9,12H,4-5,7H2,1H3. The molecule has 1 N–H and O–H groups in total. The first-order chi connectivity index (χ1) is 6.81. The lowest BCUT2D eigenvalue weighted by molar-refractivity contribution is 0.205. The largest absolute Gasteiger partial charge is 0.314 e. The molecule has 0 saturated carbocycles. The highest BCUT2D eigenvalue weighted by Gasteiger charge is 2.21. The van der Waals surface area contributed by atoms with E-state index in [0.717, 1.165) is 24.5 Å². The average Bonchev–Trinajstić information content (AvgIpc) is 2.67. The van der Waals surface area contributed by atoms with Gasteiger partial charge in [0.05, 0.1) is 6.04 Å². The third-order valence-electron chi connectivity index (χ3n) is 2.58. The van der Waals surface area contributed by atoms with E-state index >= 15 is 0 Å². The Morgan fingerprint density at radius 3 is 3.14 bits per heavy atom. The molecule has 1 fully saturated rings. The lowest BCUT2D eigenvalue weighted by atomic mass is 10.2. The van der Waals surface area contributed by atoms with Crippen molar-refractivity contribution in [1.82, 2.24) is 10.2 Å². The van der Waals surface area contributed by atoms with E-state index in [1.807, 2.05) is 6.07 Å². The van der Waals surface area contributed by atoms with Gasteiger partial charge >= 0.3 is 0 Å². The van der Waals surface area contributed by atoms with Crippen molar-refractivity contribution < 1.29 is 0 Å². The number of hydrogen-bond acceptors (Lipinski definition) is 4. The van der Waals surface area contributed by atoms with Gasteiger partial charge in [0.15, 0.2) is 0 Å². The van der Waals surface area contributed by atoms with Crippen molar-refractivity contribution in [3.05, 3.63) is 21.9 Å². The quantitative estimate of drug-likeness (QED) is 0.752. The fourth-order valence-corrected chi connectivity index (χ4v) is 2.69. The van der Waals surface area contributed by atoms with Crippen molar-refractivity contribution in [2.45, 2.75) is 6.04 Å². The number of thiophene rings is 1. The number of rotatable bonds is 1. The highest BCUT2D eigenvalue weighted by molar-refractivity contribution is 7.12. The number of nitrogens with one attached hydrogen (secondary N) is 1. The molecule has 4 heteroatoms. The van der Waals surface area contributed by atoms with E-state index in [2.05, 4.69) is 29.4 Å². The second-order valence-electron chi connectivity index (χ2n) is 3.51. The summed E-state index contributed by atoms with van der Waals surface area (Å²) in [4.78, 5) is 4.43. The van der Waals surface area contributed by atoms with Gasteiger partial charge in [0.25, 0.3) is 0 Å². The minimum absolute atomic E-state index is 0.441. The molecule has 1 saturated heterocycles. The number of nitriles is 1. The van der Waals surface area contributed by atoms with E-state index in [1.54, 1.807) is 11.3 Å². The summed E-state index contributed by atoms with van der Waals surface area (Å²) < 4.78 is 0. The number of likely N-dealkylation sites (N-methyl/N-ethyl adjacent to an activating group) is 1. The molecule has 1 unspecified atom stereocenters. The van der Waals surface area contributed by atoms with E-state index < -0.39 is 0 Å². The Bertz CT molecular complexity index is 352. The SMILES string of the molecule is CN1CCNCC1c1ccc(C#N)s1. The van der Waals surface area contributed by atoms with Crippen LogP contribution in [-0.2, 0) is 0 Å². The van der Waals surface area contributed by atoms with Crippen LogP contribution < -0.4 is 5.32 Å². The topological polar surface area (TPSA) is 39.1 Å². The van der Waals surface area contributed by atoms with E-state index in [9.17, 15) is 0 Å². The monoisotopic (exact) mass is 207 g/mol. The van der Waals surface area contributed by atoms with Crippen LogP contribution in [0.5, 0.6) is 0 Å². The molecule has 3 nitrogen and oxygen atoms in total. The first-order valence-corrected chi connectivity index (χ1v) is 5.53. The Balaban J connectivity index is 2.17. The minimum Gasteiger partial charge on any atom is -0.314 e. The zero-order chi connectivity index (χ0) is 9.97. The van der Waals surface area contributed by atoms with Crippen LogP contribution in [0.3, 0.4) is 0 Å². The van der Waals surface area contributed by atoms with Gasteiger partial charge in [0.1, 0.15) is 10.9 Å². The van der Waals surface area contributed by atoms with Crippen molar-refractivity contribution in [2.24, 2.45) is 0 Å². The predicted octanol–water partition coefficient (Wildman–Crippen LogP) is 1.20. The highest BCUT2D eigenvalue weighted by Crippen LogP contribution is 2.27. The molecule has 1 aliphatic rings. The summed E-state index contributed by atoms with van der Waals surface area (Å²) >= 11 is 1.60. The third kappa shape index (κ3) is 1.80. The highest BCUT2D eigenvalue weighted by atomic mass is 32.1. The maximum atomic E-state index is 8.75. The molecule has 0 amide bonds. The average molecular weight is 207 g/mol. The summed E-state index contributed by atoms with van der Waals surface area (Å²) in [6.07, 6.45) is 0. The van der Waals surface area contributed by atoms with Crippen molar-refractivity contribution in [3.8, 4) is 6.07 Å². The molecule has 2 rings (SSSR count). The lowest BCUT2D eigenvalue weighted by Crippen LogP contribution is -2.43. The molecule has 0 aromatic carbocycles. The molecule has 1 atom stereocenters. The fraction of sp³-hybridized carbons (Fsp3) is 0.500. The predicted molar refractivity (Wildman–Crippen MR) is 57.3 cm³/mol. The van der Waals surface area contributed by atoms with Crippen molar-refractivity contribution in [1.29, 1.82) is 5.26 Å². The lowest BCUT2D eigenvalue weighted by Gasteiger charge is -2.32. The maximum absolute atomic E-state index is 8.75. The molecule has 1 aliphatic heterocycles. The summed E-state index contributed by atoms with van der Waals surface area (Å²) in [5.74, 6) is 0. The van der Waals surface area contributed by atoms with E-state index in [0.29, 0.717) is 6.04 Å². The van der Waals surface area contributed by atoms with Gasteiger partial charge < -0.3 is 5.32 Å². The number of nitrogens with zero attached hydrogens (tertiary/aromatic N) is 2. The van der Waals surface area contributed by atoms with Crippen LogP contribution in [0.2, 0.25) is 0 Å². The van der Waals surface area contributed by atoms with Crippen LogP contribution in [0.4, 0.5) is 0 Å². The molecule has 74 valence electrons. The normalized spacial score (nSPS) is 23.3. The smallest absolute Gasteiger partial charge is 0.110 e. The van der Waals surface area contributed by atoms with Crippen LogP contribution in [0.25, 0.3) is 0 Å². The number of piperazine rings is 1. The van der Waals surface area contributed by atoms with E-state index in [4.69, 9.17) is 5.26 Å². The molecule has 0 spiro atoms. The molecular weight excluding hydrogens is 194 g/mol. The van der Waals surface area contributed by atoms with Crippen LogP contribution >= 0.6 is 11.3 Å². The van der Waals surface area contributed by atoms with E-state index in [-0.39, 0.29) is 0 Å². The van der Waals surface area contributed by atoms with Gasteiger partial charge in [-0.05, 0) is 19.2 Å². The zero-order valence-corrected chi connectivity index (χ0v) is 8.97. The van der Waals surface area contributed by atoms with E-state index in [1.165, 1.54) is 4.88 Å². The van der Waals surface area contributed by atoms with Gasteiger partial charge in [0, 0.05) is 24.5 Å². The van der Waals surface area contributed by atoms with Gasteiger partial charge in [0.2, 0.25) is 0 Å². The fourth-order valence-electron chi connectivity index (χ4n) is 1.72. The summed E-state index contributed by atoms with van der Waals surface area (Å²) in [6, 6.07) is 6.59. The summed E-state index contributed by atoms with van der Waals surface area (Å²) in [7, 11) is 2.14. The Labute approximate surface area is 88.0 Å². The van der Waals surface area contributed by atoms with Crippen LogP contribution in [0, 0.1) is 11.3 Å². The molecule has 0 bridgehead atoms. The Morgan fingerprint density at radius 2 is 2.50 bits per heavy atom. The molecule has 1 aromatic rings. The second kappa shape index (κ2) is 4.09. The third-order valence-corrected chi connectivity index (χ3v) is 3.67. The van der Waals surface area contributed by atoms with Gasteiger partial charge in [-0.15, -0.1) is 11.3 Å². The van der Waals surface area contributed by atoms with Crippen LogP contribution in [0.15, 0.2) is 12.1 Å². The second-order valence-corrected chi connectivity index (χ2v) is 4.63. The summed E-state index contributed by atoms with van der Waals surface area (Å²) in [5.41, 5.74) is 0. The Hall–Kier alpha value is -0.890. The molecule has 1 aromatic heterocycles. The summed E-state index contributed by atoms with van der Waals surface area (Å²) in [6.45, 7) is 3.12. The van der Waals surface area contributed by atoms with Gasteiger partial charge in [-0.3, -0.25) is 4.90 Å². The van der Waals surface area contributed by atoms with Crippen molar-refractivity contribution in [2.75, 3.05) is 26.7 Å². The summed E-state index contributed by atoms with van der Waals surface area (Å²) in [5, 5.41) is 12.1. The molecular formula is C10H13N3S. The van der Waals surface area contributed by atoms with Crippen LogP contribution in [-0.4, -0.2) is 31.6 Å². The van der Waals surface area contributed by atoms with Crippen molar-refractivity contribution >= 4 is 11.3 Å². The Kier molecular flexibility index (Phi) is 2.82. The molecule has 14 heavy (non-hydrogen) atoms. The Morgan fingerprint density at radius 1 is 1.64 bits per heavy atom. The van der Waals surface area contributed by atoms with Gasteiger partial charge in [-0.25, -0.2) is 0 Å². The maximum Gasteiger partial charge on any atom is 0.110 e. The van der Waals surface area contributed by atoms with Crippen LogP contribution in [0.1, 0.15) is 15.8 Å². The van der Waals surface area contributed by atoms with Gasteiger partial charge in [-0.1, -0.05) is 0 Å². The zero-order valence-electron chi connectivity index (χ0n) is 8.16. The van der Waals surface area contributed by atoms with Crippen molar-refractivity contribution in [3.63, 3.8) is 0 Å². The first-order valence-electron chi connectivity index (χ1n) is 4.72. The molecule has 2 heterocycles. The first kappa shape index (κ1) is 9.66. The molecule has 0 radical (unpaired) electrons. The minimum atomic E-state index is 0.441. The van der Waals surface area contributed by atoms with Gasteiger partial charge in [-0.2, -0.15) is 5.26 Å². The number of hydrogen-bond donors (Lipinski definition) is 1.